The number of rotatable bonds is 6. The molecule has 5 nitrogen and oxygen atoms in total. The van der Waals surface area contributed by atoms with Crippen LogP contribution in [0.3, 0.4) is 0 Å². The zero-order valence-electron chi connectivity index (χ0n) is 13.7. The molecule has 1 aliphatic heterocycles. The highest BCUT2D eigenvalue weighted by Gasteiger charge is 2.24. The van der Waals surface area contributed by atoms with E-state index in [1.54, 1.807) is 12.0 Å². The first-order valence-corrected chi connectivity index (χ1v) is 8.00. The average molecular weight is 327 g/mol. The summed E-state index contributed by atoms with van der Waals surface area (Å²) in [4.78, 5) is 14.0. The first kappa shape index (κ1) is 16.3. The van der Waals surface area contributed by atoms with Crippen LogP contribution in [-0.2, 0) is 13.0 Å². The van der Waals surface area contributed by atoms with Crippen LogP contribution in [0.2, 0.25) is 0 Å². The molecule has 0 unspecified atom stereocenters. The molecule has 0 saturated carbocycles. The SMILES string of the molecule is COc1ccc(COc2ccc3c(c2)CCN(CCO)C3=O)cc1. The molecular formula is C19H21NO4. The molecule has 1 N–H and O–H groups in total. The first-order valence-electron chi connectivity index (χ1n) is 8.00. The van der Waals surface area contributed by atoms with Gasteiger partial charge in [0.15, 0.2) is 0 Å². The molecule has 1 amide bonds. The van der Waals surface area contributed by atoms with Gasteiger partial charge < -0.3 is 19.5 Å². The van der Waals surface area contributed by atoms with Crippen LogP contribution >= 0.6 is 0 Å². The van der Waals surface area contributed by atoms with Gasteiger partial charge >= 0.3 is 0 Å². The molecule has 0 spiro atoms. The van der Waals surface area contributed by atoms with Gasteiger partial charge in [-0.05, 0) is 47.9 Å². The number of ether oxygens (including phenoxy) is 2. The fraction of sp³-hybridized carbons (Fsp3) is 0.316. The zero-order chi connectivity index (χ0) is 16.9. The molecule has 1 heterocycles. The van der Waals surface area contributed by atoms with Gasteiger partial charge in [0.1, 0.15) is 18.1 Å². The molecule has 3 rings (SSSR count). The molecule has 24 heavy (non-hydrogen) atoms. The third-order valence-corrected chi connectivity index (χ3v) is 4.18. The van der Waals surface area contributed by atoms with Crippen molar-refractivity contribution in [1.29, 1.82) is 0 Å². The Morgan fingerprint density at radius 3 is 2.58 bits per heavy atom. The van der Waals surface area contributed by atoms with Gasteiger partial charge in [-0.1, -0.05) is 12.1 Å². The van der Waals surface area contributed by atoms with Crippen LogP contribution in [0.4, 0.5) is 0 Å². The lowest BCUT2D eigenvalue weighted by atomic mass is 9.98. The fourth-order valence-electron chi connectivity index (χ4n) is 2.83. The number of hydrogen-bond acceptors (Lipinski definition) is 4. The predicted molar refractivity (Wildman–Crippen MR) is 90.5 cm³/mol. The minimum atomic E-state index is -0.0213. The van der Waals surface area contributed by atoms with Gasteiger partial charge in [-0.2, -0.15) is 0 Å². The van der Waals surface area contributed by atoms with E-state index in [1.807, 2.05) is 42.5 Å². The van der Waals surface area contributed by atoms with Crippen LogP contribution in [-0.4, -0.2) is 42.7 Å². The van der Waals surface area contributed by atoms with Crippen molar-refractivity contribution in [2.45, 2.75) is 13.0 Å². The van der Waals surface area contributed by atoms with E-state index in [0.717, 1.165) is 29.0 Å². The molecule has 126 valence electrons. The predicted octanol–water partition coefficient (Wildman–Crippen LogP) is 2.26. The Bertz CT molecular complexity index is 712. The molecule has 0 aliphatic carbocycles. The molecule has 2 aromatic carbocycles. The lowest BCUT2D eigenvalue weighted by molar-refractivity contribution is 0.0705. The summed E-state index contributed by atoms with van der Waals surface area (Å²) in [6.45, 7) is 1.47. The van der Waals surface area contributed by atoms with E-state index < -0.39 is 0 Å². The van der Waals surface area contributed by atoms with Crippen molar-refractivity contribution >= 4 is 5.91 Å². The Morgan fingerprint density at radius 1 is 1.12 bits per heavy atom. The van der Waals surface area contributed by atoms with Gasteiger partial charge in [-0.3, -0.25) is 4.79 Å². The molecular weight excluding hydrogens is 306 g/mol. The maximum Gasteiger partial charge on any atom is 0.254 e. The van der Waals surface area contributed by atoms with Gasteiger partial charge in [-0.25, -0.2) is 0 Å². The quantitative estimate of drug-likeness (QED) is 0.884. The lowest BCUT2D eigenvalue weighted by Crippen LogP contribution is -2.39. The molecule has 5 heteroatoms. The number of methoxy groups -OCH3 is 1. The molecule has 0 atom stereocenters. The number of benzene rings is 2. The number of nitrogens with zero attached hydrogens (tertiary/aromatic N) is 1. The Morgan fingerprint density at radius 2 is 1.88 bits per heavy atom. The van der Waals surface area contributed by atoms with Gasteiger partial charge in [0.05, 0.1) is 13.7 Å². The highest BCUT2D eigenvalue weighted by molar-refractivity contribution is 5.96. The molecule has 0 radical (unpaired) electrons. The summed E-state index contributed by atoms with van der Waals surface area (Å²) in [7, 11) is 1.64. The molecule has 0 aromatic heterocycles. The van der Waals surface area contributed by atoms with E-state index >= 15 is 0 Å². The molecule has 0 saturated heterocycles. The number of β-amino-alcohol motifs (C(OH)–C–C–N with tert-alkyl or cyclic N) is 1. The normalized spacial score (nSPS) is 13.6. The van der Waals surface area contributed by atoms with Gasteiger partial charge in [-0.15, -0.1) is 0 Å². The summed E-state index contributed by atoms with van der Waals surface area (Å²) in [5.41, 5.74) is 2.76. The minimum absolute atomic E-state index is 0.00979. The third-order valence-electron chi connectivity index (χ3n) is 4.18. The smallest absolute Gasteiger partial charge is 0.254 e. The summed E-state index contributed by atoms with van der Waals surface area (Å²) in [5, 5.41) is 9.02. The van der Waals surface area contributed by atoms with Crippen LogP contribution in [0.25, 0.3) is 0 Å². The van der Waals surface area contributed by atoms with Crippen molar-refractivity contribution in [3.8, 4) is 11.5 Å². The topological polar surface area (TPSA) is 59.0 Å². The van der Waals surface area contributed by atoms with E-state index in [1.165, 1.54) is 0 Å². The van der Waals surface area contributed by atoms with E-state index in [9.17, 15) is 4.79 Å². The number of carbonyl (C=O) groups excluding carboxylic acids is 1. The Hall–Kier alpha value is -2.53. The standard InChI is InChI=1S/C19H21NO4/c1-23-16-4-2-14(3-5-16)13-24-17-6-7-18-15(12-17)8-9-20(10-11-21)19(18)22/h2-7,12,21H,8-11,13H2,1H3. The van der Waals surface area contributed by atoms with Crippen molar-refractivity contribution in [3.05, 3.63) is 59.2 Å². The summed E-state index contributed by atoms with van der Waals surface area (Å²) >= 11 is 0. The maximum absolute atomic E-state index is 12.3. The summed E-state index contributed by atoms with van der Waals surface area (Å²) < 4.78 is 11.0. The van der Waals surface area contributed by atoms with Crippen molar-refractivity contribution in [1.82, 2.24) is 4.90 Å². The number of hydrogen-bond donors (Lipinski definition) is 1. The molecule has 0 bridgehead atoms. The largest absolute Gasteiger partial charge is 0.497 e. The third kappa shape index (κ3) is 3.51. The summed E-state index contributed by atoms with van der Waals surface area (Å²) in [6, 6.07) is 13.3. The van der Waals surface area contributed by atoms with E-state index in [4.69, 9.17) is 14.6 Å². The van der Waals surface area contributed by atoms with E-state index in [2.05, 4.69) is 0 Å². The fourth-order valence-corrected chi connectivity index (χ4v) is 2.83. The zero-order valence-corrected chi connectivity index (χ0v) is 13.7. The number of fused-ring (bicyclic) bond motifs is 1. The summed E-state index contributed by atoms with van der Waals surface area (Å²) in [6.07, 6.45) is 0.779. The van der Waals surface area contributed by atoms with Gasteiger partial charge in [0.25, 0.3) is 5.91 Å². The highest BCUT2D eigenvalue weighted by atomic mass is 16.5. The Balaban J connectivity index is 1.67. The second kappa shape index (κ2) is 7.36. The van der Waals surface area contributed by atoms with Gasteiger partial charge in [0.2, 0.25) is 0 Å². The number of carbonyl (C=O) groups is 1. The molecule has 2 aromatic rings. The van der Waals surface area contributed by atoms with Crippen molar-refractivity contribution in [2.75, 3.05) is 26.8 Å². The Labute approximate surface area is 141 Å². The number of aliphatic hydroxyl groups is 1. The molecule has 0 fully saturated rings. The maximum atomic E-state index is 12.3. The average Bonchev–Trinajstić information content (AvgIpc) is 2.63. The highest BCUT2D eigenvalue weighted by Crippen LogP contribution is 2.24. The van der Waals surface area contributed by atoms with Gasteiger partial charge in [0, 0.05) is 18.7 Å². The van der Waals surface area contributed by atoms with Crippen molar-refractivity contribution in [3.63, 3.8) is 0 Å². The summed E-state index contributed by atoms with van der Waals surface area (Å²) in [5.74, 6) is 1.55. The van der Waals surface area contributed by atoms with E-state index in [-0.39, 0.29) is 12.5 Å². The lowest BCUT2D eigenvalue weighted by Gasteiger charge is -2.28. The van der Waals surface area contributed by atoms with Crippen molar-refractivity contribution in [2.24, 2.45) is 0 Å². The second-order valence-corrected chi connectivity index (χ2v) is 5.72. The Kier molecular flexibility index (Phi) is 5.01. The van der Waals surface area contributed by atoms with E-state index in [0.29, 0.717) is 25.3 Å². The van der Waals surface area contributed by atoms with Crippen molar-refractivity contribution < 1.29 is 19.4 Å². The van der Waals surface area contributed by atoms with Crippen LogP contribution < -0.4 is 9.47 Å². The van der Waals surface area contributed by atoms with Crippen LogP contribution in [0.15, 0.2) is 42.5 Å². The molecule has 1 aliphatic rings. The minimum Gasteiger partial charge on any atom is -0.497 e. The first-order chi connectivity index (χ1) is 11.7. The monoisotopic (exact) mass is 327 g/mol. The van der Waals surface area contributed by atoms with Crippen LogP contribution in [0, 0.1) is 0 Å². The van der Waals surface area contributed by atoms with Crippen LogP contribution in [0.1, 0.15) is 21.5 Å². The second-order valence-electron chi connectivity index (χ2n) is 5.72. The van der Waals surface area contributed by atoms with Crippen LogP contribution in [0.5, 0.6) is 11.5 Å². The number of amides is 1. The number of aliphatic hydroxyl groups excluding tert-OH is 1.